The summed E-state index contributed by atoms with van der Waals surface area (Å²) in [5.41, 5.74) is 11.5. The minimum Gasteiger partial charge on any atom is -0.453 e. The molecule has 0 amide bonds. The van der Waals surface area contributed by atoms with Crippen molar-refractivity contribution in [3.05, 3.63) is 103 Å². The lowest BCUT2D eigenvalue weighted by molar-refractivity contribution is 0.477. The van der Waals surface area contributed by atoms with Gasteiger partial charge in [0.25, 0.3) is 0 Å². The number of nitrogens with zero attached hydrogens (tertiary/aromatic N) is 2. The second-order valence-electron chi connectivity index (χ2n) is 10.6. The predicted octanol–water partition coefficient (Wildman–Crippen LogP) is 7.84. The number of hydrogen-bond acceptors (Lipinski definition) is 3. The molecule has 5 heterocycles. The molecule has 0 N–H and O–H groups in total. The normalized spacial score (nSPS) is 14.0. The Labute approximate surface area is 223 Å². The molecule has 3 aliphatic heterocycles. The van der Waals surface area contributed by atoms with Gasteiger partial charge in [-0.15, -0.1) is 11.3 Å². The fourth-order valence-corrected chi connectivity index (χ4v) is 8.48. The van der Waals surface area contributed by atoms with E-state index in [0.29, 0.717) is 0 Å². The lowest BCUT2D eigenvalue weighted by atomic mass is 9.45. The van der Waals surface area contributed by atoms with Gasteiger partial charge in [-0.05, 0) is 59.3 Å². The monoisotopic (exact) mass is 502 g/mol. The van der Waals surface area contributed by atoms with Crippen molar-refractivity contribution in [2.45, 2.75) is 6.92 Å². The third-order valence-electron chi connectivity index (χ3n) is 8.58. The molecule has 5 aromatic carbocycles. The Morgan fingerprint density at radius 1 is 0.737 bits per heavy atom. The molecule has 0 radical (unpaired) electrons. The second kappa shape index (κ2) is 6.50. The number of ether oxygens (including phenoxy) is 1. The molecular formula is C33H19BN2OS. The molecule has 176 valence electrons. The molecule has 7 aromatic rings. The summed E-state index contributed by atoms with van der Waals surface area (Å²) in [6, 6.07) is 35.5. The van der Waals surface area contributed by atoms with Crippen LogP contribution in [0.4, 0.5) is 17.1 Å². The van der Waals surface area contributed by atoms with E-state index in [2.05, 4.69) is 113 Å². The number of para-hydroxylation sites is 4. The molecule has 0 spiro atoms. The third kappa shape index (κ3) is 2.13. The molecule has 38 heavy (non-hydrogen) atoms. The minimum atomic E-state index is 0.0728. The van der Waals surface area contributed by atoms with Crippen LogP contribution in [0.1, 0.15) is 5.56 Å². The maximum Gasteiger partial charge on any atom is 0.333 e. The summed E-state index contributed by atoms with van der Waals surface area (Å²) in [7, 11) is 0. The van der Waals surface area contributed by atoms with Gasteiger partial charge in [0.1, 0.15) is 0 Å². The molecule has 0 saturated heterocycles. The summed E-state index contributed by atoms with van der Waals surface area (Å²) in [4.78, 5) is 3.79. The van der Waals surface area contributed by atoms with Gasteiger partial charge < -0.3 is 14.1 Å². The van der Waals surface area contributed by atoms with E-state index in [1.54, 1.807) is 0 Å². The number of hydrogen-bond donors (Lipinski definition) is 0. The molecular weight excluding hydrogens is 483 g/mol. The van der Waals surface area contributed by atoms with Crippen LogP contribution in [0.3, 0.4) is 0 Å². The van der Waals surface area contributed by atoms with Crippen LogP contribution in [-0.2, 0) is 0 Å². The van der Waals surface area contributed by atoms with E-state index >= 15 is 0 Å². The van der Waals surface area contributed by atoms with Crippen molar-refractivity contribution in [1.29, 1.82) is 0 Å². The van der Waals surface area contributed by atoms with Crippen LogP contribution in [0.25, 0.3) is 42.3 Å². The molecule has 0 unspecified atom stereocenters. The number of thiophene rings is 1. The Balaban J connectivity index is 1.44. The van der Waals surface area contributed by atoms with Crippen molar-refractivity contribution < 1.29 is 4.74 Å². The Kier molecular flexibility index (Phi) is 3.35. The van der Waals surface area contributed by atoms with Crippen molar-refractivity contribution in [3.63, 3.8) is 0 Å². The van der Waals surface area contributed by atoms with Gasteiger partial charge in [-0.1, -0.05) is 66.7 Å². The SMILES string of the molecule is Cc1cc2c3c(c1)N1c4ccccc4Oc4cccc(c41)B3n1c3sc4ccccc4c3c3cccc-2c31. The average molecular weight is 502 g/mol. The van der Waals surface area contributed by atoms with Gasteiger partial charge in [-0.2, -0.15) is 0 Å². The number of aromatic nitrogens is 1. The first kappa shape index (κ1) is 19.6. The van der Waals surface area contributed by atoms with E-state index in [-0.39, 0.29) is 6.85 Å². The smallest absolute Gasteiger partial charge is 0.333 e. The highest BCUT2D eigenvalue weighted by molar-refractivity contribution is 7.26. The lowest BCUT2D eigenvalue weighted by Crippen LogP contribution is -2.57. The quantitative estimate of drug-likeness (QED) is 0.197. The van der Waals surface area contributed by atoms with Gasteiger partial charge in [-0.25, -0.2) is 0 Å². The van der Waals surface area contributed by atoms with Crippen LogP contribution in [0, 0.1) is 6.92 Å². The first-order chi connectivity index (χ1) is 18.8. The molecule has 2 aromatic heterocycles. The standard InChI is InChI=1S/C33H19BN2OS/c1-18-16-22-19-9-6-10-21-29-20-8-2-5-15-28(20)38-33(29)36(31(19)21)34-23-11-7-14-27-32(23)35(25(17-18)30(22)34)24-12-3-4-13-26(24)37-27/h2-17H,1H3. The average Bonchev–Trinajstić information content (AvgIpc) is 3.48. The van der Waals surface area contributed by atoms with Gasteiger partial charge in [0, 0.05) is 37.6 Å². The fourth-order valence-electron chi connectivity index (χ4n) is 7.23. The first-order valence-corrected chi connectivity index (χ1v) is 13.9. The molecule has 0 atom stereocenters. The van der Waals surface area contributed by atoms with Gasteiger partial charge in [-0.3, -0.25) is 0 Å². The summed E-state index contributed by atoms with van der Waals surface area (Å²) in [5.74, 6) is 1.82. The molecule has 3 nitrogen and oxygen atoms in total. The number of aryl methyl sites for hydroxylation is 1. The summed E-state index contributed by atoms with van der Waals surface area (Å²) in [6.07, 6.45) is 0. The van der Waals surface area contributed by atoms with Crippen molar-refractivity contribution in [3.8, 4) is 22.6 Å². The van der Waals surface area contributed by atoms with Crippen LogP contribution in [-0.4, -0.2) is 11.3 Å². The van der Waals surface area contributed by atoms with E-state index in [4.69, 9.17) is 4.74 Å². The fraction of sp³-hybridized carbons (Fsp3) is 0.0303. The van der Waals surface area contributed by atoms with Crippen LogP contribution in [0.15, 0.2) is 97.1 Å². The number of benzene rings is 5. The highest BCUT2D eigenvalue weighted by Gasteiger charge is 2.45. The zero-order valence-electron chi connectivity index (χ0n) is 20.5. The highest BCUT2D eigenvalue weighted by atomic mass is 32.1. The van der Waals surface area contributed by atoms with Crippen LogP contribution in [0.2, 0.25) is 0 Å². The molecule has 3 aliphatic rings. The van der Waals surface area contributed by atoms with Crippen LogP contribution >= 0.6 is 11.3 Å². The Morgan fingerprint density at radius 3 is 2.53 bits per heavy atom. The summed E-state index contributed by atoms with van der Waals surface area (Å²) >= 11 is 1.91. The molecule has 0 fully saturated rings. The minimum absolute atomic E-state index is 0.0728. The van der Waals surface area contributed by atoms with E-state index in [0.717, 1.165) is 22.9 Å². The number of fused-ring (bicyclic) bond motifs is 11. The maximum atomic E-state index is 6.52. The van der Waals surface area contributed by atoms with Gasteiger partial charge >= 0.3 is 6.85 Å². The predicted molar refractivity (Wildman–Crippen MR) is 160 cm³/mol. The Bertz CT molecular complexity index is 2210. The first-order valence-electron chi connectivity index (χ1n) is 13.1. The summed E-state index contributed by atoms with van der Waals surface area (Å²) in [5, 5.41) is 4.07. The summed E-state index contributed by atoms with van der Waals surface area (Å²) < 4.78 is 10.5. The van der Waals surface area contributed by atoms with Crippen molar-refractivity contribution in [1.82, 2.24) is 4.48 Å². The highest BCUT2D eigenvalue weighted by Crippen LogP contribution is 2.53. The molecule has 10 rings (SSSR count). The van der Waals surface area contributed by atoms with Crippen LogP contribution < -0.4 is 20.6 Å². The van der Waals surface area contributed by atoms with E-state index < -0.39 is 0 Å². The topological polar surface area (TPSA) is 17.4 Å². The van der Waals surface area contributed by atoms with Gasteiger partial charge in [0.05, 0.1) is 16.2 Å². The van der Waals surface area contributed by atoms with Crippen molar-refractivity contribution in [2.75, 3.05) is 4.90 Å². The Hall–Kier alpha value is -4.48. The third-order valence-corrected chi connectivity index (χ3v) is 9.75. The van der Waals surface area contributed by atoms with Gasteiger partial charge in [0.2, 0.25) is 0 Å². The molecule has 0 aliphatic carbocycles. The molecule has 0 saturated carbocycles. The maximum absolute atomic E-state index is 6.52. The van der Waals surface area contributed by atoms with E-state index in [1.807, 2.05) is 11.3 Å². The molecule has 0 bridgehead atoms. The van der Waals surface area contributed by atoms with Crippen molar-refractivity contribution in [2.24, 2.45) is 0 Å². The second-order valence-corrected chi connectivity index (χ2v) is 11.6. The molecule has 5 heteroatoms. The zero-order chi connectivity index (χ0) is 24.7. The van der Waals surface area contributed by atoms with E-state index in [9.17, 15) is 0 Å². The van der Waals surface area contributed by atoms with E-state index in [1.165, 1.54) is 64.5 Å². The number of rotatable bonds is 0. The number of anilines is 3. The zero-order valence-corrected chi connectivity index (χ0v) is 21.3. The lowest BCUT2D eigenvalue weighted by Gasteiger charge is -2.43. The van der Waals surface area contributed by atoms with Gasteiger partial charge in [0.15, 0.2) is 11.5 Å². The summed E-state index contributed by atoms with van der Waals surface area (Å²) in [6.45, 7) is 2.29. The Morgan fingerprint density at radius 2 is 1.55 bits per heavy atom. The largest absolute Gasteiger partial charge is 0.453 e. The van der Waals surface area contributed by atoms with Crippen LogP contribution in [0.5, 0.6) is 11.5 Å². The van der Waals surface area contributed by atoms with Crippen molar-refractivity contribution >= 4 is 77.4 Å².